The molecule has 0 saturated carbocycles. The van der Waals surface area contributed by atoms with E-state index in [4.69, 9.17) is 9.31 Å². The van der Waals surface area contributed by atoms with E-state index >= 15 is 0 Å². The van der Waals surface area contributed by atoms with Gasteiger partial charge in [-0.05, 0) is 56.9 Å². The fourth-order valence-corrected chi connectivity index (χ4v) is 2.54. The quantitative estimate of drug-likeness (QED) is 0.613. The monoisotopic (exact) mass is 333 g/mol. The highest BCUT2D eigenvalue weighted by atomic mass is 16.7. The van der Waals surface area contributed by atoms with Crippen molar-refractivity contribution in [2.45, 2.75) is 38.9 Å². The zero-order valence-corrected chi connectivity index (χ0v) is 15.3. The second kappa shape index (κ2) is 6.99. The Hall–Kier alpha value is -2.17. The Bertz CT molecular complexity index is 748. The summed E-state index contributed by atoms with van der Waals surface area (Å²) in [5.41, 5.74) is 2.42. The lowest BCUT2D eigenvalue weighted by molar-refractivity contribution is 0.00578. The zero-order valence-electron chi connectivity index (χ0n) is 15.3. The fourth-order valence-electron chi connectivity index (χ4n) is 2.54. The van der Waals surface area contributed by atoms with E-state index in [2.05, 4.69) is 44.8 Å². The largest absolute Gasteiger partial charge is 0.494 e. The van der Waals surface area contributed by atoms with Crippen LogP contribution in [0.4, 0.5) is 5.69 Å². The highest BCUT2D eigenvalue weighted by molar-refractivity contribution is 6.62. The van der Waals surface area contributed by atoms with Crippen molar-refractivity contribution in [2.75, 3.05) is 0 Å². The van der Waals surface area contributed by atoms with Crippen LogP contribution in [0.3, 0.4) is 0 Å². The first-order valence-corrected chi connectivity index (χ1v) is 8.59. The van der Waals surface area contributed by atoms with Crippen molar-refractivity contribution < 1.29 is 9.31 Å². The van der Waals surface area contributed by atoms with Gasteiger partial charge in [0.15, 0.2) is 0 Å². The van der Waals surface area contributed by atoms with Gasteiger partial charge in [0, 0.05) is 6.21 Å². The molecule has 0 bridgehead atoms. The Morgan fingerprint density at radius 1 is 0.840 bits per heavy atom. The number of hydrogen-bond acceptors (Lipinski definition) is 3. The van der Waals surface area contributed by atoms with E-state index in [1.54, 1.807) is 6.21 Å². The highest BCUT2D eigenvalue weighted by Gasteiger charge is 2.51. The lowest BCUT2D eigenvalue weighted by atomic mass is 9.79. The lowest BCUT2D eigenvalue weighted by Gasteiger charge is -2.32. The van der Waals surface area contributed by atoms with Gasteiger partial charge in [-0.3, -0.25) is 4.99 Å². The molecule has 3 rings (SSSR count). The number of rotatable bonds is 4. The summed E-state index contributed by atoms with van der Waals surface area (Å²) in [6.07, 6.45) is 5.77. The number of aliphatic imine (C=N–C) groups is 1. The summed E-state index contributed by atoms with van der Waals surface area (Å²) >= 11 is 0. The van der Waals surface area contributed by atoms with Crippen molar-refractivity contribution in [3.8, 4) is 0 Å². The maximum Gasteiger partial charge on any atom is 0.494 e. The van der Waals surface area contributed by atoms with Crippen molar-refractivity contribution in [1.82, 2.24) is 0 Å². The van der Waals surface area contributed by atoms with E-state index in [0.717, 1.165) is 16.7 Å². The van der Waals surface area contributed by atoms with Crippen LogP contribution in [0.25, 0.3) is 6.08 Å². The van der Waals surface area contributed by atoms with Crippen LogP contribution in [0.1, 0.15) is 33.3 Å². The number of hydrogen-bond donors (Lipinski definition) is 0. The summed E-state index contributed by atoms with van der Waals surface area (Å²) in [6, 6.07) is 18.1. The Morgan fingerprint density at radius 3 is 2.04 bits per heavy atom. The second-order valence-electron chi connectivity index (χ2n) is 7.23. The zero-order chi connectivity index (χ0) is 17.9. The lowest BCUT2D eigenvalue weighted by Crippen LogP contribution is -2.41. The molecule has 0 N–H and O–H groups in total. The molecule has 1 fully saturated rings. The van der Waals surface area contributed by atoms with Gasteiger partial charge in [0.25, 0.3) is 0 Å². The van der Waals surface area contributed by atoms with Crippen molar-refractivity contribution >= 4 is 30.6 Å². The Morgan fingerprint density at radius 2 is 1.44 bits per heavy atom. The third kappa shape index (κ3) is 4.09. The molecule has 0 amide bonds. The Kier molecular flexibility index (Phi) is 4.93. The first-order valence-electron chi connectivity index (χ1n) is 8.59. The van der Waals surface area contributed by atoms with Gasteiger partial charge in [0.1, 0.15) is 0 Å². The van der Waals surface area contributed by atoms with E-state index in [9.17, 15) is 0 Å². The summed E-state index contributed by atoms with van der Waals surface area (Å²) in [7, 11) is -0.332. The molecule has 128 valence electrons. The van der Waals surface area contributed by atoms with Gasteiger partial charge < -0.3 is 9.31 Å². The predicted molar refractivity (Wildman–Crippen MR) is 106 cm³/mol. The average Bonchev–Trinajstić information content (AvgIpc) is 2.81. The van der Waals surface area contributed by atoms with Crippen molar-refractivity contribution in [3.63, 3.8) is 0 Å². The molecular weight excluding hydrogens is 309 g/mol. The summed E-state index contributed by atoms with van der Waals surface area (Å²) in [5, 5.41) is 0. The van der Waals surface area contributed by atoms with E-state index in [0.29, 0.717) is 0 Å². The molecule has 1 saturated heterocycles. The van der Waals surface area contributed by atoms with Crippen LogP contribution < -0.4 is 5.46 Å². The van der Waals surface area contributed by atoms with Gasteiger partial charge in [-0.25, -0.2) is 0 Å². The van der Waals surface area contributed by atoms with Crippen molar-refractivity contribution in [2.24, 2.45) is 4.99 Å². The topological polar surface area (TPSA) is 30.8 Å². The van der Waals surface area contributed by atoms with Gasteiger partial charge in [0.05, 0.1) is 16.9 Å². The van der Waals surface area contributed by atoms with Gasteiger partial charge in [-0.2, -0.15) is 0 Å². The molecule has 1 aliphatic heterocycles. The summed E-state index contributed by atoms with van der Waals surface area (Å²) in [6.45, 7) is 8.24. The Balaban J connectivity index is 1.63. The van der Waals surface area contributed by atoms with Crippen molar-refractivity contribution in [1.29, 1.82) is 0 Å². The van der Waals surface area contributed by atoms with Crippen LogP contribution >= 0.6 is 0 Å². The number of allylic oxidation sites excluding steroid dienone is 1. The van der Waals surface area contributed by atoms with Crippen LogP contribution in [-0.2, 0) is 9.31 Å². The molecule has 0 atom stereocenters. The molecule has 1 heterocycles. The highest BCUT2D eigenvalue weighted by Crippen LogP contribution is 2.36. The molecule has 0 radical (unpaired) electrons. The molecule has 1 aliphatic rings. The maximum absolute atomic E-state index is 6.07. The molecule has 0 unspecified atom stereocenters. The van der Waals surface area contributed by atoms with E-state index < -0.39 is 0 Å². The van der Waals surface area contributed by atoms with Crippen molar-refractivity contribution in [3.05, 3.63) is 66.2 Å². The Labute approximate surface area is 150 Å². The normalized spacial score (nSPS) is 19.1. The molecule has 0 spiro atoms. The van der Waals surface area contributed by atoms with Gasteiger partial charge in [-0.15, -0.1) is 0 Å². The summed E-state index contributed by atoms with van der Waals surface area (Å²) < 4.78 is 12.1. The van der Waals surface area contributed by atoms with Crippen LogP contribution in [0.15, 0.2) is 65.7 Å². The van der Waals surface area contributed by atoms with Gasteiger partial charge >= 0.3 is 7.12 Å². The molecule has 3 nitrogen and oxygen atoms in total. The first-order chi connectivity index (χ1) is 11.9. The SMILES string of the molecule is CC1(C)OB(c2ccc(N=CC=Cc3ccccc3)cc2)OC1(C)C. The standard InChI is InChI=1S/C21H24BNO2/c1-20(2)21(3,4)25-22(24-20)18-12-14-19(15-13-18)23-16-8-11-17-9-6-5-7-10-17/h5-16H,1-4H3. The molecule has 2 aromatic rings. The first kappa shape index (κ1) is 17.7. The van der Waals surface area contributed by atoms with E-state index in [1.165, 1.54) is 0 Å². The molecule has 0 aromatic heterocycles. The van der Waals surface area contributed by atoms with E-state index in [-0.39, 0.29) is 18.3 Å². The smallest absolute Gasteiger partial charge is 0.399 e. The maximum atomic E-state index is 6.07. The molecule has 25 heavy (non-hydrogen) atoms. The third-order valence-corrected chi connectivity index (χ3v) is 4.82. The molecule has 4 heteroatoms. The van der Waals surface area contributed by atoms with Crippen LogP contribution in [0.5, 0.6) is 0 Å². The predicted octanol–water partition coefficient (Wildman–Crippen LogP) is 4.40. The summed E-state index contributed by atoms with van der Waals surface area (Å²) in [4.78, 5) is 4.45. The van der Waals surface area contributed by atoms with E-state index in [1.807, 2.05) is 54.6 Å². The number of nitrogens with zero attached hydrogens (tertiary/aromatic N) is 1. The molecule has 2 aromatic carbocycles. The fraction of sp³-hybridized carbons (Fsp3) is 0.286. The average molecular weight is 333 g/mol. The van der Waals surface area contributed by atoms with Gasteiger partial charge in [-0.1, -0.05) is 48.5 Å². The minimum Gasteiger partial charge on any atom is -0.399 e. The summed E-state index contributed by atoms with van der Waals surface area (Å²) in [5.74, 6) is 0. The van der Waals surface area contributed by atoms with Gasteiger partial charge in [0.2, 0.25) is 0 Å². The number of benzene rings is 2. The van der Waals surface area contributed by atoms with Crippen LogP contribution in [0.2, 0.25) is 0 Å². The minimum atomic E-state index is -0.332. The minimum absolute atomic E-state index is 0.323. The third-order valence-electron chi connectivity index (χ3n) is 4.82. The molecular formula is C21H24BNO2. The second-order valence-corrected chi connectivity index (χ2v) is 7.23. The van der Waals surface area contributed by atoms with Crippen LogP contribution in [0, 0.1) is 0 Å². The van der Waals surface area contributed by atoms with Crippen LogP contribution in [-0.4, -0.2) is 24.5 Å². The molecule has 0 aliphatic carbocycles.